The van der Waals surface area contributed by atoms with Crippen molar-refractivity contribution in [3.63, 3.8) is 0 Å². The topological polar surface area (TPSA) is 32.8 Å². The molecule has 3 aliphatic rings. The van der Waals surface area contributed by atoms with Crippen molar-refractivity contribution in [2.24, 2.45) is 5.41 Å². The Hall–Kier alpha value is -1.04. The van der Waals surface area contributed by atoms with Crippen LogP contribution in [0.4, 0.5) is 0 Å². The molecule has 4 rings (SSSR count). The number of morpholine rings is 1. The van der Waals surface area contributed by atoms with Gasteiger partial charge in [-0.25, -0.2) is 0 Å². The maximum Gasteiger partial charge on any atom is 0.230 e. The number of rotatable bonds is 5. The predicted molar refractivity (Wildman–Crippen MR) is 105 cm³/mol. The molecule has 142 valence electrons. The lowest BCUT2D eigenvalue weighted by atomic mass is 9.70. The number of amides is 1. The number of hydrogen-bond donors (Lipinski definition) is 0. The zero-order valence-electron chi connectivity index (χ0n) is 15.9. The van der Waals surface area contributed by atoms with E-state index in [1.165, 1.54) is 16.9 Å². The molecule has 0 N–H and O–H groups in total. The first-order valence-electron chi connectivity index (χ1n) is 9.94. The first-order chi connectivity index (χ1) is 12.7. The van der Waals surface area contributed by atoms with E-state index in [-0.39, 0.29) is 5.41 Å². The van der Waals surface area contributed by atoms with Gasteiger partial charge in [-0.3, -0.25) is 9.69 Å². The predicted octanol–water partition coefficient (Wildman–Crippen LogP) is 3.40. The summed E-state index contributed by atoms with van der Waals surface area (Å²) >= 11 is 1.79. The normalized spacial score (nSPS) is 31.5. The Morgan fingerprint density at radius 1 is 1.31 bits per heavy atom. The summed E-state index contributed by atoms with van der Waals surface area (Å²) in [6.45, 7) is 6.07. The van der Waals surface area contributed by atoms with E-state index < -0.39 is 0 Å². The van der Waals surface area contributed by atoms with Crippen LogP contribution in [0.2, 0.25) is 0 Å². The number of benzene rings is 1. The molecule has 0 radical (unpaired) electrons. The fourth-order valence-corrected chi connectivity index (χ4v) is 5.85. The Morgan fingerprint density at radius 3 is 2.85 bits per heavy atom. The number of nitrogens with zero attached hydrogens (tertiary/aromatic N) is 2. The van der Waals surface area contributed by atoms with Gasteiger partial charge < -0.3 is 9.64 Å². The molecule has 0 saturated carbocycles. The fraction of sp³-hybridized carbons (Fsp3) is 0.667. The Labute approximate surface area is 161 Å². The molecule has 1 amide bonds. The summed E-state index contributed by atoms with van der Waals surface area (Å²) in [5.41, 5.74) is 1.19. The number of carbonyl (C=O) groups is 1. The van der Waals surface area contributed by atoms with Crippen LogP contribution in [0.25, 0.3) is 0 Å². The van der Waals surface area contributed by atoms with Gasteiger partial charge in [0.15, 0.2) is 0 Å². The molecule has 0 unspecified atom stereocenters. The molecule has 4 nitrogen and oxygen atoms in total. The summed E-state index contributed by atoms with van der Waals surface area (Å²) in [6, 6.07) is 9.82. The van der Waals surface area contributed by atoms with Crippen LogP contribution >= 0.6 is 11.8 Å². The summed E-state index contributed by atoms with van der Waals surface area (Å²) < 4.78 is 5.46. The zero-order valence-corrected chi connectivity index (χ0v) is 16.8. The van der Waals surface area contributed by atoms with Crippen molar-refractivity contribution in [1.82, 2.24) is 9.80 Å². The molecule has 5 heteroatoms. The molecule has 0 aromatic heterocycles. The molecule has 3 atom stereocenters. The quantitative estimate of drug-likeness (QED) is 0.740. The van der Waals surface area contributed by atoms with E-state index in [0.29, 0.717) is 31.2 Å². The summed E-state index contributed by atoms with van der Waals surface area (Å²) in [7, 11) is 0. The fourth-order valence-electron chi connectivity index (χ4n) is 5.37. The lowest BCUT2D eigenvalue weighted by molar-refractivity contribution is -0.148. The molecule has 3 saturated heterocycles. The third kappa shape index (κ3) is 3.08. The summed E-state index contributed by atoms with van der Waals surface area (Å²) in [6.07, 6.45) is 6.52. The van der Waals surface area contributed by atoms with Crippen LogP contribution in [0.5, 0.6) is 0 Å². The van der Waals surface area contributed by atoms with Gasteiger partial charge in [0.1, 0.15) is 0 Å². The molecule has 1 aromatic carbocycles. The van der Waals surface area contributed by atoms with Crippen LogP contribution in [0.15, 0.2) is 29.2 Å². The highest BCUT2D eigenvalue weighted by Crippen LogP contribution is 2.53. The van der Waals surface area contributed by atoms with Crippen molar-refractivity contribution >= 4 is 17.7 Å². The maximum absolute atomic E-state index is 13.5. The molecule has 26 heavy (non-hydrogen) atoms. The van der Waals surface area contributed by atoms with Crippen molar-refractivity contribution in [3.05, 3.63) is 29.8 Å². The van der Waals surface area contributed by atoms with E-state index in [1.54, 1.807) is 11.8 Å². The molecule has 3 aliphatic heterocycles. The largest absolute Gasteiger partial charge is 0.378 e. The minimum Gasteiger partial charge on any atom is -0.378 e. The van der Waals surface area contributed by atoms with Gasteiger partial charge in [0, 0.05) is 36.6 Å². The van der Waals surface area contributed by atoms with E-state index in [0.717, 1.165) is 38.9 Å². The Morgan fingerprint density at radius 2 is 2.12 bits per heavy atom. The maximum atomic E-state index is 13.5. The Balaban J connectivity index is 1.54. The standard InChI is InChI=1S/C21H30N2O2S/c1-3-21(20(24)22-9-11-25-12-10-22)14-17-7-8-19(21)23(17)15-16-5-4-6-18(13-16)26-2/h4-6,13,17,19H,3,7-12,14-15H2,1-2H3/t17-,19+,21+/m0/s1. The highest BCUT2D eigenvalue weighted by Gasteiger charge is 2.59. The van der Waals surface area contributed by atoms with Crippen LogP contribution in [0, 0.1) is 5.41 Å². The lowest BCUT2D eigenvalue weighted by Crippen LogP contribution is -2.53. The van der Waals surface area contributed by atoms with Crippen molar-refractivity contribution in [2.75, 3.05) is 32.6 Å². The van der Waals surface area contributed by atoms with E-state index in [4.69, 9.17) is 4.74 Å². The van der Waals surface area contributed by atoms with E-state index in [9.17, 15) is 4.79 Å². The molecule has 0 spiro atoms. The summed E-state index contributed by atoms with van der Waals surface area (Å²) in [5.74, 6) is 0.387. The Kier molecular flexibility index (Phi) is 5.31. The summed E-state index contributed by atoms with van der Waals surface area (Å²) in [4.78, 5) is 19.5. The van der Waals surface area contributed by atoms with Crippen LogP contribution in [-0.4, -0.2) is 60.3 Å². The Bertz CT molecular complexity index is 661. The van der Waals surface area contributed by atoms with Crippen molar-refractivity contribution in [3.8, 4) is 0 Å². The highest BCUT2D eigenvalue weighted by molar-refractivity contribution is 7.98. The number of thioether (sulfide) groups is 1. The van der Waals surface area contributed by atoms with Gasteiger partial charge in [-0.1, -0.05) is 19.1 Å². The second kappa shape index (κ2) is 7.53. The molecule has 1 aromatic rings. The first kappa shape index (κ1) is 18.3. The number of hydrogen-bond acceptors (Lipinski definition) is 4. The molecule has 0 aliphatic carbocycles. The van der Waals surface area contributed by atoms with E-state index >= 15 is 0 Å². The van der Waals surface area contributed by atoms with Gasteiger partial charge in [-0.2, -0.15) is 0 Å². The average Bonchev–Trinajstić information content (AvgIpc) is 3.23. The van der Waals surface area contributed by atoms with Crippen molar-refractivity contribution in [1.29, 1.82) is 0 Å². The molecular weight excluding hydrogens is 344 g/mol. The van der Waals surface area contributed by atoms with Crippen molar-refractivity contribution < 1.29 is 9.53 Å². The monoisotopic (exact) mass is 374 g/mol. The van der Waals surface area contributed by atoms with Gasteiger partial charge in [0.2, 0.25) is 5.91 Å². The summed E-state index contributed by atoms with van der Waals surface area (Å²) in [5, 5.41) is 0. The minimum absolute atomic E-state index is 0.183. The number of fused-ring (bicyclic) bond motifs is 2. The second-order valence-corrected chi connectivity index (χ2v) is 8.77. The third-order valence-corrected chi connectivity index (χ3v) is 7.46. The van der Waals surface area contributed by atoms with Gasteiger partial charge in [0.05, 0.1) is 18.6 Å². The molecular formula is C21H30N2O2S. The van der Waals surface area contributed by atoms with Crippen LogP contribution in [-0.2, 0) is 16.1 Å². The van der Waals surface area contributed by atoms with Gasteiger partial charge >= 0.3 is 0 Å². The van der Waals surface area contributed by atoms with Crippen LogP contribution < -0.4 is 0 Å². The third-order valence-electron chi connectivity index (χ3n) is 6.73. The van der Waals surface area contributed by atoms with Crippen LogP contribution in [0.3, 0.4) is 0 Å². The van der Waals surface area contributed by atoms with Gasteiger partial charge in [-0.05, 0) is 49.6 Å². The van der Waals surface area contributed by atoms with Crippen LogP contribution in [0.1, 0.15) is 38.2 Å². The molecule has 3 heterocycles. The van der Waals surface area contributed by atoms with Gasteiger partial charge in [-0.15, -0.1) is 11.8 Å². The van der Waals surface area contributed by atoms with E-state index in [2.05, 4.69) is 47.2 Å². The second-order valence-electron chi connectivity index (χ2n) is 7.89. The zero-order chi connectivity index (χ0) is 18.1. The average molecular weight is 375 g/mol. The molecule has 2 bridgehead atoms. The number of carbonyl (C=O) groups excluding carboxylic acids is 1. The highest BCUT2D eigenvalue weighted by atomic mass is 32.2. The van der Waals surface area contributed by atoms with E-state index in [1.807, 2.05) is 0 Å². The van der Waals surface area contributed by atoms with Gasteiger partial charge in [0.25, 0.3) is 0 Å². The lowest BCUT2D eigenvalue weighted by Gasteiger charge is -2.40. The smallest absolute Gasteiger partial charge is 0.230 e. The van der Waals surface area contributed by atoms with Crippen molar-refractivity contribution in [2.45, 2.75) is 56.1 Å². The first-order valence-corrected chi connectivity index (χ1v) is 11.2. The minimum atomic E-state index is -0.183. The number of ether oxygens (including phenoxy) is 1. The SMILES string of the molecule is CC[C@@]1(C(=O)N2CCOCC2)C[C@@H]2CC[C@H]1N2Cc1cccc(SC)c1. The molecule has 3 fully saturated rings.